The first-order chi connectivity index (χ1) is 9.54. The molecule has 2 N–H and O–H groups in total. The van der Waals surface area contributed by atoms with Gasteiger partial charge in [0.1, 0.15) is 5.82 Å². The van der Waals surface area contributed by atoms with E-state index < -0.39 is 0 Å². The maximum Gasteiger partial charge on any atom is 0.222 e. The second-order valence-electron chi connectivity index (χ2n) is 5.17. The summed E-state index contributed by atoms with van der Waals surface area (Å²) in [5.41, 5.74) is 0.647. The smallest absolute Gasteiger partial charge is 0.222 e. The second kappa shape index (κ2) is 8.69. The number of aliphatic hydroxyl groups is 1. The van der Waals surface area contributed by atoms with Crippen LogP contribution < -0.4 is 5.32 Å². The van der Waals surface area contributed by atoms with Gasteiger partial charge in [0, 0.05) is 12.5 Å². The van der Waals surface area contributed by atoms with E-state index >= 15 is 0 Å². The van der Waals surface area contributed by atoms with Crippen molar-refractivity contribution in [2.45, 2.75) is 45.6 Å². The highest BCUT2D eigenvalue weighted by atomic mass is 19.1. The van der Waals surface area contributed by atoms with Crippen molar-refractivity contribution in [1.82, 2.24) is 5.32 Å². The molecule has 4 heteroatoms. The topological polar surface area (TPSA) is 49.3 Å². The third-order valence-corrected chi connectivity index (χ3v) is 3.50. The van der Waals surface area contributed by atoms with Crippen molar-refractivity contribution in [3.8, 4) is 0 Å². The molecule has 3 nitrogen and oxygen atoms in total. The lowest BCUT2D eigenvalue weighted by Gasteiger charge is -2.13. The maximum absolute atomic E-state index is 13.4. The van der Waals surface area contributed by atoms with Crippen LogP contribution >= 0.6 is 0 Å². The number of hydrogen-bond donors (Lipinski definition) is 2. The Hall–Kier alpha value is -1.42. The highest BCUT2D eigenvalue weighted by molar-refractivity contribution is 5.78. The third kappa shape index (κ3) is 5.70. The minimum atomic E-state index is -0.357. The summed E-state index contributed by atoms with van der Waals surface area (Å²) in [6.45, 7) is 4.23. The lowest BCUT2D eigenvalue weighted by atomic mass is 10.00. The van der Waals surface area contributed by atoms with Crippen LogP contribution in [0.3, 0.4) is 0 Å². The van der Waals surface area contributed by atoms with Gasteiger partial charge in [-0.1, -0.05) is 32.0 Å². The molecule has 2 atom stereocenters. The molecule has 0 fully saturated rings. The molecule has 0 radical (unpaired) electrons. The zero-order valence-corrected chi connectivity index (χ0v) is 12.2. The van der Waals surface area contributed by atoms with Gasteiger partial charge in [0.25, 0.3) is 0 Å². The first-order valence-electron chi connectivity index (χ1n) is 7.23. The van der Waals surface area contributed by atoms with Crippen LogP contribution in [0.15, 0.2) is 24.3 Å². The molecule has 0 aliphatic carbocycles. The summed E-state index contributed by atoms with van der Waals surface area (Å²) in [6, 6.07) is 6.65. The van der Waals surface area contributed by atoms with E-state index in [0.717, 1.165) is 0 Å². The van der Waals surface area contributed by atoms with E-state index in [2.05, 4.69) is 5.32 Å². The van der Waals surface area contributed by atoms with Crippen molar-refractivity contribution in [3.63, 3.8) is 0 Å². The molecule has 0 heterocycles. The molecule has 20 heavy (non-hydrogen) atoms. The minimum Gasteiger partial charge on any atom is -0.393 e. The van der Waals surface area contributed by atoms with Crippen LogP contribution in [0.5, 0.6) is 0 Å². The number of aryl methyl sites for hydroxylation is 1. The van der Waals surface area contributed by atoms with Crippen LogP contribution in [-0.4, -0.2) is 23.7 Å². The summed E-state index contributed by atoms with van der Waals surface area (Å²) in [7, 11) is 0. The molecular weight excluding hydrogens is 257 g/mol. The lowest BCUT2D eigenvalue weighted by molar-refractivity contribution is -0.124. The predicted octanol–water partition coefficient (Wildman–Crippen LogP) is 2.67. The Labute approximate surface area is 120 Å². The summed E-state index contributed by atoms with van der Waals surface area (Å²) < 4.78 is 13.4. The molecule has 1 rings (SSSR count). The molecule has 0 spiro atoms. The number of rotatable bonds is 8. The summed E-state index contributed by atoms with van der Waals surface area (Å²) in [6.07, 6.45) is 2.08. The van der Waals surface area contributed by atoms with E-state index in [1.807, 2.05) is 13.8 Å². The van der Waals surface area contributed by atoms with Gasteiger partial charge in [0.15, 0.2) is 0 Å². The highest BCUT2D eigenvalue weighted by Crippen LogP contribution is 2.13. The maximum atomic E-state index is 13.4. The quantitative estimate of drug-likeness (QED) is 0.769. The van der Waals surface area contributed by atoms with E-state index in [1.165, 1.54) is 6.07 Å². The Bertz CT molecular complexity index is 423. The van der Waals surface area contributed by atoms with Crippen molar-refractivity contribution < 1.29 is 14.3 Å². The number of benzene rings is 1. The molecule has 1 aromatic rings. The number of halogens is 1. The predicted molar refractivity (Wildman–Crippen MR) is 77.8 cm³/mol. The molecule has 0 saturated carbocycles. The molecule has 1 amide bonds. The Morgan fingerprint density at radius 3 is 2.70 bits per heavy atom. The average Bonchev–Trinajstić information content (AvgIpc) is 2.45. The van der Waals surface area contributed by atoms with Crippen molar-refractivity contribution in [1.29, 1.82) is 0 Å². The van der Waals surface area contributed by atoms with E-state index in [4.69, 9.17) is 0 Å². The fourth-order valence-electron chi connectivity index (χ4n) is 1.94. The number of amides is 1. The number of aliphatic hydroxyl groups excluding tert-OH is 1. The molecule has 0 aliphatic heterocycles. The second-order valence-corrected chi connectivity index (χ2v) is 5.17. The zero-order chi connectivity index (χ0) is 15.0. The van der Waals surface area contributed by atoms with E-state index in [1.54, 1.807) is 18.2 Å². The van der Waals surface area contributed by atoms with Gasteiger partial charge in [0.05, 0.1) is 6.10 Å². The van der Waals surface area contributed by atoms with Gasteiger partial charge in [-0.15, -0.1) is 0 Å². The summed E-state index contributed by atoms with van der Waals surface area (Å²) >= 11 is 0. The van der Waals surface area contributed by atoms with Gasteiger partial charge in [0.2, 0.25) is 5.91 Å². The van der Waals surface area contributed by atoms with Crippen molar-refractivity contribution in [2.75, 3.05) is 6.54 Å². The van der Waals surface area contributed by atoms with Crippen LogP contribution in [-0.2, 0) is 11.2 Å². The van der Waals surface area contributed by atoms with Gasteiger partial charge in [-0.3, -0.25) is 4.79 Å². The molecule has 0 bridgehead atoms. The van der Waals surface area contributed by atoms with Crippen LogP contribution in [0.1, 0.15) is 38.7 Å². The largest absolute Gasteiger partial charge is 0.393 e. The Morgan fingerprint density at radius 1 is 1.35 bits per heavy atom. The fourth-order valence-corrected chi connectivity index (χ4v) is 1.94. The normalized spacial score (nSPS) is 13.8. The Morgan fingerprint density at radius 2 is 2.05 bits per heavy atom. The molecular formula is C16H24FNO2. The summed E-state index contributed by atoms with van der Waals surface area (Å²) in [5.74, 6) is -0.413. The monoisotopic (exact) mass is 281 g/mol. The third-order valence-electron chi connectivity index (χ3n) is 3.50. The molecule has 0 saturated heterocycles. The number of nitrogens with one attached hydrogen (secondary N) is 1. The van der Waals surface area contributed by atoms with Gasteiger partial charge < -0.3 is 10.4 Å². The summed E-state index contributed by atoms with van der Waals surface area (Å²) in [4.78, 5) is 11.8. The van der Waals surface area contributed by atoms with Gasteiger partial charge in [-0.2, -0.15) is 0 Å². The first kappa shape index (κ1) is 16.6. The van der Waals surface area contributed by atoms with Crippen LogP contribution in [0.25, 0.3) is 0 Å². The number of carbonyl (C=O) groups is 1. The molecule has 2 unspecified atom stereocenters. The van der Waals surface area contributed by atoms with Crippen LogP contribution in [0, 0.1) is 11.7 Å². The number of hydrogen-bond acceptors (Lipinski definition) is 2. The average molecular weight is 281 g/mol. The van der Waals surface area contributed by atoms with Crippen LogP contribution in [0.4, 0.5) is 4.39 Å². The van der Waals surface area contributed by atoms with Crippen LogP contribution in [0.2, 0.25) is 0 Å². The fraction of sp³-hybridized carbons (Fsp3) is 0.562. The molecule has 0 aliphatic rings. The van der Waals surface area contributed by atoms with E-state index in [0.29, 0.717) is 37.8 Å². The van der Waals surface area contributed by atoms with Gasteiger partial charge >= 0.3 is 0 Å². The minimum absolute atomic E-state index is 0.0374. The van der Waals surface area contributed by atoms with Crippen molar-refractivity contribution in [2.24, 2.45) is 5.92 Å². The van der Waals surface area contributed by atoms with E-state index in [-0.39, 0.29) is 23.7 Å². The lowest BCUT2D eigenvalue weighted by Crippen LogP contribution is -2.31. The highest BCUT2D eigenvalue weighted by Gasteiger charge is 2.13. The standard InChI is InChI=1S/C16H24FNO2/c1-3-14(19)10-11-18-16(20)12(2)8-9-13-6-4-5-7-15(13)17/h4-7,12,14,19H,3,8-11H2,1-2H3,(H,18,20). The Balaban J connectivity index is 2.30. The molecule has 0 aromatic heterocycles. The Kier molecular flexibility index (Phi) is 7.23. The molecule has 1 aromatic carbocycles. The van der Waals surface area contributed by atoms with Gasteiger partial charge in [-0.25, -0.2) is 4.39 Å². The SMILES string of the molecule is CCC(O)CCNC(=O)C(C)CCc1ccccc1F. The summed E-state index contributed by atoms with van der Waals surface area (Å²) in [5, 5.41) is 12.2. The first-order valence-corrected chi connectivity index (χ1v) is 7.23. The number of carbonyl (C=O) groups excluding carboxylic acids is 1. The van der Waals surface area contributed by atoms with Crippen molar-refractivity contribution >= 4 is 5.91 Å². The van der Waals surface area contributed by atoms with Gasteiger partial charge in [-0.05, 0) is 37.3 Å². The zero-order valence-electron chi connectivity index (χ0n) is 12.2. The van der Waals surface area contributed by atoms with Crippen molar-refractivity contribution in [3.05, 3.63) is 35.6 Å². The van der Waals surface area contributed by atoms with E-state index in [9.17, 15) is 14.3 Å². The molecule has 112 valence electrons.